The normalized spacial score (nSPS) is 11.8. The van der Waals surface area contributed by atoms with Crippen LogP contribution >= 0.6 is 0 Å². The van der Waals surface area contributed by atoms with Crippen molar-refractivity contribution in [2.75, 3.05) is 0 Å². The molecule has 0 spiro atoms. The van der Waals surface area contributed by atoms with Crippen molar-refractivity contribution in [2.24, 2.45) is 0 Å². The summed E-state index contributed by atoms with van der Waals surface area (Å²) in [5.41, 5.74) is 1.04. The van der Waals surface area contributed by atoms with Gasteiger partial charge in [0.05, 0.1) is 6.61 Å². The number of rotatable bonds is 2. The molecule has 0 saturated heterocycles. The lowest BCUT2D eigenvalue weighted by atomic mass is 10.1. The van der Waals surface area contributed by atoms with Gasteiger partial charge in [-0.3, -0.25) is 0 Å². The van der Waals surface area contributed by atoms with Gasteiger partial charge in [-0.25, -0.2) is 0 Å². The van der Waals surface area contributed by atoms with Crippen molar-refractivity contribution in [1.82, 2.24) is 10.1 Å². The van der Waals surface area contributed by atoms with Crippen LogP contribution in [0, 0.1) is 0 Å². The summed E-state index contributed by atoms with van der Waals surface area (Å²) in [7, 11) is 0. The molecule has 7 heteroatoms. The maximum absolute atomic E-state index is 12.2. The lowest BCUT2D eigenvalue weighted by Gasteiger charge is -1.97. The molecule has 0 atom stereocenters. The first kappa shape index (κ1) is 11.6. The molecule has 17 heavy (non-hydrogen) atoms. The minimum Gasteiger partial charge on any atom is -0.392 e. The molecule has 1 N–H and O–H groups in total. The Kier molecular flexibility index (Phi) is 2.84. The Labute approximate surface area is 93.7 Å². The molecule has 0 saturated carbocycles. The molecule has 0 fully saturated rings. The zero-order chi connectivity index (χ0) is 12.5. The first-order valence-corrected chi connectivity index (χ1v) is 4.62. The quantitative estimate of drug-likeness (QED) is 0.880. The summed E-state index contributed by atoms with van der Waals surface area (Å²) in [6.45, 7) is -0.139. The summed E-state index contributed by atoms with van der Waals surface area (Å²) >= 11 is 0. The van der Waals surface area contributed by atoms with E-state index >= 15 is 0 Å². The lowest BCUT2D eigenvalue weighted by Crippen LogP contribution is -2.04. The van der Waals surface area contributed by atoms with Crippen LogP contribution in [0.5, 0.6) is 0 Å². The Bertz CT molecular complexity index is 505. The third kappa shape index (κ3) is 2.44. The van der Waals surface area contributed by atoms with Crippen molar-refractivity contribution in [1.29, 1.82) is 0 Å². The van der Waals surface area contributed by atoms with Crippen LogP contribution in [-0.4, -0.2) is 15.2 Å². The molecule has 0 aliphatic rings. The van der Waals surface area contributed by atoms with Crippen molar-refractivity contribution in [2.45, 2.75) is 12.8 Å². The van der Waals surface area contributed by atoms with Gasteiger partial charge in [-0.1, -0.05) is 29.4 Å². The van der Waals surface area contributed by atoms with Gasteiger partial charge in [-0.2, -0.15) is 18.2 Å². The summed E-state index contributed by atoms with van der Waals surface area (Å²) < 4.78 is 40.7. The molecule has 90 valence electrons. The van der Waals surface area contributed by atoms with Gasteiger partial charge in [-0.15, -0.1) is 0 Å². The number of aliphatic hydroxyl groups is 1. The number of halogens is 3. The van der Waals surface area contributed by atoms with E-state index < -0.39 is 12.1 Å². The summed E-state index contributed by atoms with van der Waals surface area (Å²) in [5.74, 6) is -1.51. The average molecular weight is 244 g/mol. The summed E-state index contributed by atoms with van der Waals surface area (Å²) in [6, 6.07) is 6.16. The minimum absolute atomic E-state index is 0.137. The molecule has 0 bridgehead atoms. The number of benzene rings is 1. The van der Waals surface area contributed by atoms with Gasteiger partial charge in [0, 0.05) is 5.56 Å². The number of hydrogen-bond acceptors (Lipinski definition) is 4. The molecule has 0 amide bonds. The highest BCUT2D eigenvalue weighted by molar-refractivity contribution is 5.54. The zero-order valence-electron chi connectivity index (χ0n) is 8.40. The van der Waals surface area contributed by atoms with Gasteiger partial charge in [0.15, 0.2) is 0 Å². The van der Waals surface area contributed by atoms with E-state index in [-0.39, 0.29) is 12.4 Å². The second-order valence-corrected chi connectivity index (χ2v) is 3.28. The van der Waals surface area contributed by atoms with Gasteiger partial charge in [0.2, 0.25) is 5.82 Å². The Morgan fingerprint density at radius 2 is 1.82 bits per heavy atom. The molecule has 4 nitrogen and oxygen atoms in total. The first-order chi connectivity index (χ1) is 8.00. The number of aromatic nitrogens is 2. The van der Waals surface area contributed by atoms with Gasteiger partial charge >= 0.3 is 12.1 Å². The van der Waals surface area contributed by atoms with E-state index in [9.17, 15) is 13.2 Å². The fourth-order valence-electron chi connectivity index (χ4n) is 1.22. The molecule has 1 aromatic carbocycles. The minimum atomic E-state index is -4.64. The van der Waals surface area contributed by atoms with Crippen molar-refractivity contribution < 1.29 is 22.8 Å². The molecular formula is C10H7F3N2O2. The molecule has 1 heterocycles. The Hall–Kier alpha value is -1.89. The third-order valence-corrected chi connectivity index (χ3v) is 2.06. The molecule has 0 aliphatic heterocycles. The van der Waals surface area contributed by atoms with Crippen LogP contribution in [0.1, 0.15) is 11.5 Å². The van der Waals surface area contributed by atoms with Crippen LogP contribution in [-0.2, 0) is 12.8 Å². The Balaban J connectivity index is 2.30. The monoisotopic (exact) mass is 244 g/mol. The zero-order valence-corrected chi connectivity index (χ0v) is 8.40. The first-order valence-electron chi connectivity index (χ1n) is 4.62. The largest absolute Gasteiger partial charge is 0.471 e. The number of nitrogens with zero attached hydrogens (tertiary/aromatic N) is 2. The SMILES string of the molecule is OCc1ccc(-c2noc(C(F)(F)F)n2)cc1. The standard InChI is InChI=1S/C10H7F3N2O2/c11-10(12,13)9-14-8(15-17-9)7-3-1-6(5-16)2-4-7/h1-4,16H,5H2. The maximum atomic E-state index is 12.2. The van der Waals surface area contributed by atoms with Crippen LogP contribution in [0.4, 0.5) is 13.2 Å². The maximum Gasteiger partial charge on any atom is 0.471 e. The van der Waals surface area contributed by atoms with E-state index in [1.54, 1.807) is 12.1 Å². The van der Waals surface area contributed by atoms with Crippen molar-refractivity contribution in [3.05, 3.63) is 35.7 Å². The van der Waals surface area contributed by atoms with Gasteiger partial charge in [-0.05, 0) is 5.56 Å². The molecule has 2 rings (SSSR count). The van der Waals surface area contributed by atoms with Crippen LogP contribution in [0.2, 0.25) is 0 Å². The molecule has 0 radical (unpaired) electrons. The Morgan fingerprint density at radius 1 is 1.18 bits per heavy atom. The van der Waals surface area contributed by atoms with E-state index in [1.165, 1.54) is 12.1 Å². The highest BCUT2D eigenvalue weighted by Gasteiger charge is 2.38. The smallest absolute Gasteiger partial charge is 0.392 e. The van der Waals surface area contributed by atoms with E-state index in [4.69, 9.17) is 5.11 Å². The highest BCUT2D eigenvalue weighted by Crippen LogP contribution is 2.29. The van der Waals surface area contributed by atoms with Gasteiger partial charge in [0.1, 0.15) is 0 Å². The second-order valence-electron chi connectivity index (χ2n) is 3.28. The highest BCUT2D eigenvalue weighted by atomic mass is 19.4. The van der Waals surface area contributed by atoms with Crippen molar-refractivity contribution in [3.8, 4) is 11.4 Å². The van der Waals surface area contributed by atoms with Crippen LogP contribution < -0.4 is 0 Å². The van der Waals surface area contributed by atoms with E-state index in [2.05, 4.69) is 14.7 Å². The van der Waals surface area contributed by atoms with E-state index in [0.717, 1.165) is 0 Å². The number of aliphatic hydroxyl groups excluding tert-OH is 1. The number of alkyl halides is 3. The topological polar surface area (TPSA) is 59.2 Å². The lowest BCUT2D eigenvalue weighted by molar-refractivity contribution is -0.159. The predicted octanol–water partition coefficient (Wildman–Crippen LogP) is 2.25. The molecular weight excluding hydrogens is 237 g/mol. The fourth-order valence-corrected chi connectivity index (χ4v) is 1.22. The van der Waals surface area contributed by atoms with Gasteiger partial charge in [0.25, 0.3) is 0 Å². The third-order valence-electron chi connectivity index (χ3n) is 2.06. The van der Waals surface area contributed by atoms with Crippen LogP contribution in [0.3, 0.4) is 0 Å². The fraction of sp³-hybridized carbons (Fsp3) is 0.200. The number of hydrogen-bond donors (Lipinski definition) is 1. The Morgan fingerprint density at radius 3 is 2.29 bits per heavy atom. The van der Waals surface area contributed by atoms with E-state index in [0.29, 0.717) is 11.1 Å². The van der Waals surface area contributed by atoms with E-state index in [1.807, 2.05) is 0 Å². The van der Waals surface area contributed by atoms with Crippen LogP contribution in [0.15, 0.2) is 28.8 Å². The van der Waals surface area contributed by atoms with Crippen LogP contribution in [0.25, 0.3) is 11.4 Å². The molecule has 0 aliphatic carbocycles. The molecule has 0 unspecified atom stereocenters. The van der Waals surface area contributed by atoms with Crippen molar-refractivity contribution >= 4 is 0 Å². The molecule has 2 aromatic rings. The summed E-state index contributed by atoms with van der Waals surface area (Å²) in [6.07, 6.45) is -4.64. The average Bonchev–Trinajstić information content (AvgIpc) is 2.78. The molecule has 1 aromatic heterocycles. The summed E-state index contributed by atoms with van der Waals surface area (Å²) in [4.78, 5) is 3.24. The predicted molar refractivity (Wildman–Crippen MR) is 50.7 cm³/mol. The van der Waals surface area contributed by atoms with Crippen molar-refractivity contribution in [3.63, 3.8) is 0 Å². The summed E-state index contributed by atoms with van der Waals surface area (Å²) in [5, 5.41) is 12.1. The van der Waals surface area contributed by atoms with Gasteiger partial charge < -0.3 is 9.63 Å². The second kappa shape index (κ2) is 4.17.